The van der Waals surface area contributed by atoms with Crippen molar-refractivity contribution in [1.29, 1.82) is 0 Å². The molecule has 8 nitrogen and oxygen atoms in total. The molecule has 100 valence electrons. The van der Waals surface area contributed by atoms with Crippen LogP contribution in [0.2, 0.25) is 0 Å². The molecule has 0 radical (unpaired) electrons. The minimum Gasteiger partial charge on any atom is -0.477 e. The lowest BCUT2D eigenvalue weighted by molar-refractivity contribution is -0.279. The second-order valence-corrected chi connectivity index (χ2v) is 4.34. The van der Waals surface area contributed by atoms with Gasteiger partial charge in [0.15, 0.2) is 0 Å². The molecule has 8 N–H and O–H groups in total. The van der Waals surface area contributed by atoms with Gasteiger partial charge in [0.1, 0.15) is 0 Å². The van der Waals surface area contributed by atoms with Gasteiger partial charge in [-0.05, 0) is 6.92 Å². The van der Waals surface area contributed by atoms with Crippen molar-refractivity contribution in [1.82, 2.24) is 0 Å². The third-order valence-electron chi connectivity index (χ3n) is 2.91. The number of hydrogen-bond donors (Lipinski definition) is 6. The van der Waals surface area contributed by atoms with Crippen LogP contribution in [-0.4, -0.2) is 62.6 Å². The smallest absolute Gasteiger partial charge is 0.364 e. The van der Waals surface area contributed by atoms with Crippen molar-refractivity contribution in [2.45, 2.75) is 49.5 Å². The number of carboxylic acids is 1. The Hall–Kier alpha value is -0.770. The molecular formula is C9H18N2O6. The lowest BCUT2D eigenvalue weighted by atomic mass is 9.89. The Labute approximate surface area is 97.8 Å². The molecule has 0 saturated carbocycles. The molecule has 1 fully saturated rings. The Balaban J connectivity index is 2.93. The highest BCUT2D eigenvalue weighted by Gasteiger charge is 2.51. The Morgan fingerprint density at radius 1 is 1.59 bits per heavy atom. The highest BCUT2D eigenvalue weighted by atomic mass is 16.7. The predicted octanol–water partition coefficient (Wildman–Crippen LogP) is -3.06. The van der Waals surface area contributed by atoms with Gasteiger partial charge in [-0.25, -0.2) is 4.79 Å². The molecule has 0 aromatic heterocycles. The lowest BCUT2D eigenvalue weighted by Gasteiger charge is -2.43. The molecule has 0 amide bonds. The third-order valence-corrected chi connectivity index (χ3v) is 2.91. The molecule has 17 heavy (non-hydrogen) atoms. The average molecular weight is 250 g/mol. The molecule has 1 rings (SSSR count). The van der Waals surface area contributed by atoms with Gasteiger partial charge in [0.25, 0.3) is 5.79 Å². The van der Waals surface area contributed by atoms with Crippen LogP contribution in [0.1, 0.15) is 13.3 Å². The van der Waals surface area contributed by atoms with Crippen LogP contribution < -0.4 is 11.5 Å². The van der Waals surface area contributed by atoms with Crippen molar-refractivity contribution in [3.63, 3.8) is 0 Å². The second-order valence-electron chi connectivity index (χ2n) is 4.34. The van der Waals surface area contributed by atoms with Crippen molar-refractivity contribution in [3.05, 3.63) is 0 Å². The van der Waals surface area contributed by atoms with Crippen molar-refractivity contribution < 1.29 is 30.0 Å². The van der Waals surface area contributed by atoms with E-state index >= 15 is 0 Å². The van der Waals surface area contributed by atoms with Gasteiger partial charge in [-0.2, -0.15) is 0 Å². The van der Waals surface area contributed by atoms with Gasteiger partial charge in [-0.1, -0.05) is 0 Å². The summed E-state index contributed by atoms with van der Waals surface area (Å²) < 4.78 is 4.93. The zero-order valence-corrected chi connectivity index (χ0v) is 9.35. The summed E-state index contributed by atoms with van der Waals surface area (Å²) in [5.74, 6) is -4.17. The summed E-state index contributed by atoms with van der Waals surface area (Å²) in [6.07, 6.45) is -4.00. The highest BCUT2D eigenvalue weighted by Crippen LogP contribution is 2.28. The van der Waals surface area contributed by atoms with E-state index in [1.54, 1.807) is 0 Å². The number of carboxylic acid groups (broad SMARTS) is 1. The van der Waals surface area contributed by atoms with Crippen molar-refractivity contribution in [2.24, 2.45) is 11.5 Å². The molecule has 0 spiro atoms. The fourth-order valence-electron chi connectivity index (χ4n) is 1.74. The van der Waals surface area contributed by atoms with E-state index in [-0.39, 0.29) is 0 Å². The predicted molar refractivity (Wildman–Crippen MR) is 55.7 cm³/mol. The minimum atomic E-state index is -2.54. The molecular weight excluding hydrogens is 232 g/mol. The van der Waals surface area contributed by atoms with E-state index in [2.05, 4.69) is 0 Å². The number of aliphatic hydroxyl groups excluding tert-OH is 2. The van der Waals surface area contributed by atoms with E-state index in [0.717, 1.165) is 0 Å². The average Bonchev–Trinajstić information content (AvgIpc) is 2.22. The van der Waals surface area contributed by atoms with E-state index < -0.39 is 48.6 Å². The highest BCUT2D eigenvalue weighted by molar-refractivity contribution is 5.75. The number of aliphatic carboxylic acids is 1. The summed E-state index contributed by atoms with van der Waals surface area (Å²) in [7, 11) is 0. The van der Waals surface area contributed by atoms with Gasteiger partial charge < -0.3 is 36.6 Å². The zero-order valence-electron chi connectivity index (χ0n) is 9.35. The summed E-state index contributed by atoms with van der Waals surface area (Å²) in [5, 5.41) is 37.4. The Bertz CT molecular complexity index is 295. The summed E-state index contributed by atoms with van der Waals surface area (Å²) in [5.41, 5.74) is 11.2. The molecule has 0 aromatic carbocycles. The number of ether oxygens (including phenoxy) is 1. The summed E-state index contributed by atoms with van der Waals surface area (Å²) in [6, 6.07) is -1.98. The van der Waals surface area contributed by atoms with E-state index in [1.807, 2.05) is 0 Å². The Morgan fingerprint density at radius 3 is 2.53 bits per heavy atom. The zero-order chi connectivity index (χ0) is 13.4. The number of aliphatic hydroxyl groups is 3. The van der Waals surface area contributed by atoms with Gasteiger partial charge in [0.2, 0.25) is 0 Å². The molecule has 6 atom stereocenters. The van der Waals surface area contributed by atoms with Crippen LogP contribution >= 0.6 is 0 Å². The summed E-state index contributed by atoms with van der Waals surface area (Å²) >= 11 is 0. The standard InChI is InChI=1S/C9H18N2O6/c1-3(12)5(10)7-6(11)4(13)2-9(16,17-7)8(14)15/h3-7,12-13,16H,2,10-11H2,1H3,(H,14,15)/t3-,4-,5-,6-,7+,9+/m1/s1. The molecule has 0 unspecified atom stereocenters. The van der Waals surface area contributed by atoms with E-state index in [4.69, 9.17) is 21.3 Å². The van der Waals surface area contributed by atoms with E-state index in [0.29, 0.717) is 0 Å². The first-order chi connectivity index (χ1) is 7.69. The van der Waals surface area contributed by atoms with Crippen LogP contribution in [-0.2, 0) is 9.53 Å². The largest absolute Gasteiger partial charge is 0.477 e. The van der Waals surface area contributed by atoms with Crippen LogP contribution in [0.15, 0.2) is 0 Å². The van der Waals surface area contributed by atoms with E-state index in [9.17, 15) is 20.1 Å². The van der Waals surface area contributed by atoms with Gasteiger partial charge in [-0.15, -0.1) is 0 Å². The fourth-order valence-corrected chi connectivity index (χ4v) is 1.74. The van der Waals surface area contributed by atoms with Crippen LogP contribution in [0, 0.1) is 0 Å². The van der Waals surface area contributed by atoms with Gasteiger partial charge >= 0.3 is 5.97 Å². The van der Waals surface area contributed by atoms with Crippen LogP contribution in [0.5, 0.6) is 0 Å². The van der Waals surface area contributed by atoms with Crippen LogP contribution in [0.3, 0.4) is 0 Å². The number of carbonyl (C=O) groups is 1. The first-order valence-electron chi connectivity index (χ1n) is 5.20. The van der Waals surface area contributed by atoms with Gasteiger partial charge in [-0.3, -0.25) is 0 Å². The maximum Gasteiger partial charge on any atom is 0.364 e. The van der Waals surface area contributed by atoms with E-state index in [1.165, 1.54) is 6.92 Å². The second kappa shape index (κ2) is 4.84. The Kier molecular flexibility index (Phi) is 4.07. The molecule has 1 heterocycles. The third kappa shape index (κ3) is 2.73. The van der Waals surface area contributed by atoms with Crippen molar-refractivity contribution >= 4 is 5.97 Å². The molecule has 0 aromatic rings. The number of nitrogens with two attached hydrogens (primary N) is 2. The molecule has 0 bridgehead atoms. The number of rotatable bonds is 3. The van der Waals surface area contributed by atoms with Gasteiger partial charge in [0.05, 0.1) is 30.4 Å². The van der Waals surface area contributed by atoms with Crippen LogP contribution in [0.25, 0.3) is 0 Å². The maximum atomic E-state index is 10.8. The topological polar surface area (TPSA) is 159 Å². The molecule has 8 heteroatoms. The minimum absolute atomic E-state index is 0.549. The quantitative estimate of drug-likeness (QED) is 0.308. The normalized spacial score (nSPS) is 41.9. The molecule has 1 saturated heterocycles. The maximum absolute atomic E-state index is 10.8. The Morgan fingerprint density at radius 2 is 2.12 bits per heavy atom. The van der Waals surface area contributed by atoms with Crippen LogP contribution in [0.4, 0.5) is 0 Å². The molecule has 1 aliphatic heterocycles. The monoisotopic (exact) mass is 250 g/mol. The molecule has 0 aliphatic carbocycles. The number of hydrogen-bond acceptors (Lipinski definition) is 7. The summed E-state index contributed by atoms with van der Waals surface area (Å²) in [4.78, 5) is 10.8. The lowest BCUT2D eigenvalue weighted by Crippen LogP contribution is -2.66. The molecule has 1 aliphatic rings. The van der Waals surface area contributed by atoms with Gasteiger partial charge in [0, 0.05) is 6.42 Å². The van der Waals surface area contributed by atoms with Crippen molar-refractivity contribution in [2.75, 3.05) is 0 Å². The SMILES string of the molecule is C[C@@H](O)[C@@H](N)[C@@H]1O[C@](O)(C(=O)O)C[C@@H](O)[C@H]1N. The first kappa shape index (κ1) is 14.3. The van der Waals surface area contributed by atoms with Crippen molar-refractivity contribution in [3.8, 4) is 0 Å². The first-order valence-corrected chi connectivity index (χ1v) is 5.20. The summed E-state index contributed by atoms with van der Waals surface area (Å²) in [6.45, 7) is 1.38. The fraction of sp³-hybridized carbons (Fsp3) is 0.889.